The first kappa shape index (κ1) is 13.5. The minimum absolute atomic E-state index is 0.253. The molecule has 2 rings (SSSR count). The van der Waals surface area contributed by atoms with Crippen molar-refractivity contribution in [1.29, 1.82) is 0 Å². The predicted molar refractivity (Wildman–Crippen MR) is 71.3 cm³/mol. The Morgan fingerprint density at radius 3 is 2.95 bits per heavy atom. The monoisotopic (exact) mass is 263 g/mol. The van der Waals surface area contributed by atoms with E-state index in [9.17, 15) is 4.39 Å². The molecule has 0 unspecified atom stereocenters. The van der Waals surface area contributed by atoms with Crippen LogP contribution in [0.3, 0.4) is 0 Å². The van der Waals surface area contributed by atoms with Gasteiger partial charge in [-0.25, -0.2) is 9.37 Å². The van der Waals surface area contributed by atoms with Gasteiger partial charge < -0.3 is 14.6 Å². The van der Waals surface area contributed by atoms with Crippen molar-refractivity contribution in [2.75, 3.05) is 6.54 Å². The molecule has 0 saturated carbocycles. The maximum Gasteiger partial charge on any atom is 0.146 e. The number of aryl methyl sites for hydroxylation is 1. The summed E-state index contributed by atoms with van der Waals surface area (Å²) in [5.74, 6) is 1.27. The van der Waals surface area contributed by atoms with Crippen LogP contribution in [0.4, 0.5) is 4.39 Å². The second-order valence-electron chi connectivity index (χ2n) is 4.28. The molecule has 1 aromatic carbocycles. The Hall–Kier alpha value is -1.88. The zero-order chi connectivity index (χ0) is 13.7. The average Bonchev–Trinajstić information content (AvgIpc) is 2.81. The van der Waals surface area contributed by atoms with Gasteiger partial charge in [0.15, 0.2) is 0 Å². The van der Waals surface area contributed by atoms with E-state index in [0.29, 0.717) is 18.9 Å². The molecule has 0 aliphatic heterocycles. The van der Waals surface area contributed by atoms with Crippen LogP contribution in [-0.2, 0) is 20.2 Å². The summed E-state index contributed by atoms with van der Waals surface area (Å²) in [6.45, 7) is 3.79. The van der Waals surface area contributed by atoms with Gasteiger partial charge in [-0.15, -0.1) is 0 Å². The molecule has 0 aliphatic carbocycles. The smallest absolute Gasteiger partial charge is 0.146 e. The quantitative estimate of drug-likeness (QED) is 0.868. The lowest BCUT2D eigenvalue weighted by Gasteiger charge is -2.12. The molecule has 0 spiro atoms. The van der Waals surface area contributed by atoms with Crippen LogP contribution in [0.5, 0.6) is 5.75 Å². The number of rotatable bonds is 6. The number of benzene rings is 1. The number of ether oxygens (including phenoxy) is 1. The highest BCUT2D eigenvalue weighted by Gasteiger charge is 2.07. The first-order valence-electron chi connectivity index (χ1n) is 6.29. The standard InChI is InChI=1S/C14H18FN3O/c1-3-16-9-11-8-12(15)4-5-13(11)19-10-14-17-6-7-18(14)2/h4-8,16H,3,9-10H2,1-2H3. The molecule has 1 heterocycles. The number of halogens is 1. The van der Waals surface area contributed by atoms with Crippen LogP contribution in [0.2, 0.25) is 0 Å². The SMILES string of the molecule is CCNCc1cc(F)ccc1OCc1nccn1C. The van der Waals surface area contributed by atoms with E-state index in [1.165, 1.54) is 12.1 Å². The molecular weight excluding hydrogens is 245 g/mol. The lowest BCUT2D eigenvalue weighted by molar-refractivity contribution is 0.287. The first-order valence-corrected chi connectivity index (χ1v) is 6.29. The maximum atomic E-state index is 13.3. The Balaban J connectivity index is 2.08. The number of hydrogen-bond acceptors (Lipinski definition) is 3. The van der Waals surface area contributed by atoms with Gasteiger partial charge in [0.25, 0.3) is 0 Å². The molecule has 1 aromatic heterocycles. The summed E-state index contributed by atoms with van der Waals surface area (Å²) in [6, 6.07) is 4.56. The van der Waals surface area contributed by atoms with Crippen LogP contribution in [0.1, 0.15) is 18.3 Å². The van der Waals surface area contributed by atoms with E-state index < -0.39 is 0 Å². The van der Waals surface area contributed by atoms with E-state index in [1.54, 1.807) is 12.3 Å². The van der Waals surface area contributed by atoms with Crippen LogP contribution in [0.25, 0.3) is 0 Å². The van der Waals surface area contributed by atoms with E-state index in [4.69, 9.17) is 4.74 Å². The Labute approximate surface area is 112 Å². The molecule has 0 aliphatic rings. The highest BCUT2D eigenvalue weighted by Crippen LogP contribution is 2.20. The Morgan fingerprint density at radius 2 is 2.26 bits per heavy atom. The number of imidazole rings is 1. The fraction of sp³-hybridized carbons (Fsp3) is 0.357. The molecule has 19 heavy (non-hydrogen) atoms. The highest BCUT2D eigenvalue weighted by atomic mass is 19.1. The summed E-state index contributed by atoms with van der Waals surface area (Å²) in [7, 11) is 1.91. The van der Waals surface area contributed by atoms with Crippen molar-refractivity contribution in [3.05, 3.63) is 47.8 Å². The summed E-state index contributed by atoms with van der Waals surface area (Å²) in [6.07, 6.45) is 3.59. The van der Waals surface area contributed by atoms with Crippen molar-refractivity contribution in [2.45, 2.75) is 20.1 Å². The van der Waals surface area contributed by atoms with Crippen LogP contribution in [-0.4, -0.2) is 16.1 Å². The van der Waals surface area contributed by atoms with Crippen molar-refractivity contribution in [2.24, 2.45) is 7.05 Å². The zero-order valence-corrected chi connectivity index (χ0v) is 11.2. The fourth-order valence-electron chi connectivity index (χ4n) is 1.76. The third kappa shape index (κ3) is 3.54. The molecule has 102 valence electrons. The maximum absolute atomic E-state index is 13.3. The van der Waals surface area contributed by atoms with Gasteiger partial charge in [0.2, 0.25) is 0 Å². The molecule has 0 bridgehead atoms. The number of nitrogens with one attached hydrogen (secondary N) is 1. The van der Waals surface area contributed by atoms with Crippen LogP contribution in [0, 0.1) is 5.82 Å². The molecular formula is C14H18FN3O. The van der Waals surface area contributed by atoms with Gasteiger partial charge in [0, 0.05) is 31.5 Å². The average molecular weight is 263 g/mol. The van der Waals surface area contributed by atoms with Crippen LogP contribution < -0.4 is 10.1 Å². The Bertz CT molecular complexity index is 539. The van der Waals surface area contributed by atoms with Crippen molar-refractivity contribution in [3.8, 4) is 5.75 Å². The van der Waals surface area contributed by atoms with Crippen molar-refractivity contribution in [3.63, 3.8) is 0 Å². The van der Waals surface area contributed by atoms with Gasteiger partial charge in [-0.1, -0.05) is 6.92 Å². The molecule has 0 fully saturated rings. The predicted octanol–water partition coefficient (Wildman–Crippen LogP) is 2.25. The summed E-state index contributed by atoms with van der Waals surface area (Å²) in [4.78, 5) is 4.19. The van der Waals surface area contributed by atoms with Crippen molar-refractivity contribution < 1.29 is 9.13 Å². The third-order valence-corrected chi connectivity index (χ3v) is 2.87. The minimum Gasteiger partial charge on any atom is -0.485 e. The highest BCUT2D eigenvalue weighted by molar-refractivity contribution is 5.34. The molecule has 0 atom stereocenters. The van der Waals surface area contributed by atoms with E-state index >= 15 is 0 Å². The molecule has 2 aromatic rings. The largest absolute Gasteiger partial charge is 0.485 e. The third-order valence-electron chi connectivity index (χ3n) is 2.87. The minimum atomic E-state index is -0.253. The van der Waals surface area contributed by atoms with Gasteiger partial charge in [-0.3, -0.25) is 0 Å². The normalized spacial score (nSPS) is 10.7. The second kappa shape index (κ2) is 6.33. The van der Waals surface area contributed by atoms with E-state index in [-0.39, 0.29) is 5.82 Å². The molecule has 5 heteroatoms. The second-order valence-corrected chi connectivity index (χ2v) is 4.28. The van der Waals surface area contributed by atoms with E-state index in [2.05, 4.69) is 10.3 Å². The van der Waals surface area contributed by atoms with Crippen LogP contribution >= 0.6 is 0 Å². The number of nitrogens with zero attached hydrogens (tertiary/aromatic N) is 2. The Morgan fingerprint density at radius 1 is 1.42 bits per heavy atom. The number of aromatic nitrogens is 2. The van der Waals surface area contributed by atoms with Crippen molar-refractivity contribution in [1.82, 2.24) is 14.9 Å². The molecule has 0 amide bonds. The lowest BCUT2D eigenvalue weighted by Crippen LogP contribution is -2.13. The summed E-state index contributed by atoms with van der Waals surface area (Å²) in [5.41, 5.74) is 0.816. The molecule has 0 saturated heterocycles. The fourth-order valence-corrected chi connectivity index (χ4v) is 1.76. The molecule has 1 N–H and O–H groups in total. The molecule has 0 radical (unpaired) electrons. The van der Waals surface area contributed by atoms with E-state index in [0.717, 1.165) is 17.9 Å². The summed E-state index contributed by atoms with van der Waals surface area (Å²) < 4.78 is 20.9. The zero-order valence-electron chi connectivity index (χ0n) is 11.2. The lowest BCUT2D eigenvalue weighted by atomic mass is 10.2. The van der Waals surface area contributed by atoms with Gasteiger partial charge in [0.1, 0.15) is 24.0 Å². The summed E-state index contributed by atoms with van der Waals surface area (Å²) >= 11 is 0. The Kier molecular flexibility index (Phi) is 4.52. The van der Waals surface area contributed by atoms with Crippen molar-refractivity contribution >= 4 is 0 Å². The van der Waals surface area contributed by atoms with Gasteiger partial charge >= 0.3 is 0 Å². The molecule has 4 nitrogen and oxygen atoms in total. The van der Waals surface area contributed by atoms with Crippen LogP contribution in [0.15, 0.2) is 30.6 Å². The summed E-state index contributed by atoms with van der Waals surface area (Å²) in [5, 5.41) is 3.17. The van der Waals surface area contributed by atoms with Gasteiger partial charge in [-0.2, -0.15) is 0 Å². The number of hydrogen-bond donors (Lipinski definition) is 1. The first-order chi connectivity index (χ1) is 9.20. The van der Waals surface area contributed by atoms with Gasteiger partial charge in [-0.05, 0) is 24.7 Å². The van der Waals surface area contributed by atoms with Gasteiger partial charge in [0.05, 0.1) is 0 Å². The topological polar surface area (TPSA) is 39.1 Å². The van der Waals surface area contributed by atoms with E-state index in [1.807, 2.05) is 24.7 Å².